The number of carbonyl (C=O) groups is 2. The van der Waals surface area contributed by atoms with Crippen LogP contribution in [0.2, 0.25) is 0 Å². The number of rotatable bonds is 2. The minimum atomic E-state index is -0.190. The topological polar surface area (TPSA) is 49.4 Å². The Hall–Kier alpha value is -1.32. The standard InChI is InChI=1S/C6H8N2O2/c1-2-7-8-5(9)3-4-6(8)10/h2,7H,1,3-4H2. The van der Waals surface area contributed by atoms with E-state index >= 15 is 0 Å². The van der Waals surface area contributed by atoms with Crippen molar-refractivity contribution in [3.05, 3.63) is 12.8 Å². The molecule has 1 aliphatic rings. The van der Waals surface area contributed by atoms with Crippen molar-refractivity contribution in [1.82, 2.24) is 10.4 Å². The van der Waals surface area contributed by atoms with Crippen LogP contribution < -0.4 is 5.43 Å². The van der Waals surface area contributed by atoms with E-state index in [-0.39, 0.29) is 11.8 Å². The van der Waals surface area contributed by atoms with Crippen molar-refractivity contribution in [2.45, 2.75) is 12.8 Å². The monoisotopic (exact) mass is 140 g/mol. The second-order valence-corrected chi connectivity index (χ2v) is 1.96. The molecule has 0 aliphatic carbocycles. The van der Waals surface area contributed by atoms with Crippen LogP contribution in [-0.4, -0.2) is 16.8 Å². The Kier molecular flexibility index (Phi) is 1.71. The Bertz CT molecular complexity index is 172. The molecule has 2 amide bonds. The fourth-order valence-corrected chi connectivity index (χ4v) is 0.812. The Morgan fingerprint density at radius 3 is 2.30 bits per heavy atom. The van der Waals surface area contributed by atoms with Crippen LogP contribution >= 0.6 is 0 Å². The Labute approximate surface area is 58.5 Å². The SMILES string of the molecule is C=CNN1C(=O)CCC1=O. The van der Waals surface area contributed by atoms with Gasteiger partial charge in [-0.05, 0) is 0 Å². The summed E-state index contributed by atoms with van der Waals surface area (Å²) >= 11 is 0. The molecule has 0 aromatic carbocycles. The van der Waals surface area contributed by atoms with Gasteiger partial charge in [-0.3, -0.25) is 15.0 Å². The molecule has 0 radical (unpaired) electrons. The minimum Gasteiger partial charge on any atom is -0.297 e. The first-order valence-corrected chi connectivity index (χ1v) is 2.98. The van der Waals surface area contributed by atoms with Crippen molar-refractivity contribution < 1.29 is 9.59 Å². The molecule has 1 aliphatic heterocycles. The van der Waals surface area contributed by atoms with Crippen LogP contribution in [0.25, 0.3) is 0 Å². The van der Waals surface area contributed by atoms with Crippen LogP contribution in [-0.2, 0) is 9.59 Å². The van der Waals surface area contributed by atoms with Crippen LogP contribution in [0, 0.1) is 0 Å². The summed E-state index contributed by atoms with van der Waals surface area (Å²) in [6.07, 6.45) is 1.92. The number of carbonyl (C=O) groups excluding carboxylic acids is 2. The zero-order valence-corrected chi connectivity index (χ0v) is 5.46. The van der Waals surface area contributed by atoms with Crippen molar-refractivity contribution in [3.8, 4) is 0 Å². The van der Waals surface area contributed by atoms with Crippen molar-refractivity contribution in [3.63, 3.8) is 0 Å². The van der Waals surface area contributed by atoms with Crippen molar-refractivity contribution in [2.24, 2.45) is 0 Å². The molecule has 4 heteroatoms. The highest BCUT2D eigenvalue weighted by molar-refractivity contribution is 6.01. The summed E-state index contributed by atoms with van der Waals surface area (Å²) in [6.45, 7) is 3.34. The van der Waals surface area contributed by atoms with Gasteiger partial charge in [-0.1, -0.05) is 6.58 Å². The van der Waals surface area contributed by atoms with Gasteiger partial charge in [0.25, 0.3) is 0 Å². The van der Waals surface area contributed by atoms with Crippen LogP contribution in [0.1, 0.15) is 12.8 Å². The summed E-state index contributed by atoms with van der Waals surface area (Å²) in [7, 11) is 0. The molecule has 0 aromatic rings. The van der Waals surface area contributed by atoms with E-state index in [4.69, 9.17) is 0 Å². The average molecular weight is 140 g/mol. The van der Waals surface area contributed by atoms with E-state index in [9.17, 15) is 9.59 Å². The van der Waals surface area contributed by atoms with Crippen LogP contribution in [0.5, 0.6) is 0 Å². The molecule has 0 bridgehead atoms. The lowest BCUT2D eigenvalue weighted by Gasteiger charge is -2.11. The van der Waals surface area contributed by atoms with Gasteiger partial charge in [0, 0.05) is 19.0 Å². The zero-order valence-electron chi connectivity index (χ0n) is 5.46. The van der Waals surface area contributed by atoms with Gasteiger partial charge < -0.3 is 0 Å². The van der Waals surface area contributed by atoms with Gasteiger partial charge in [-0.2, -0.15) is 5.01 Å². The number of hydrogen-bond donors (Lipinski definition) is 1. The number of hydrazine groups is 1. The number of nitrogens with one attached hydrogen (secondary N) is 1. The Balaban J connectivity index is 2.62. The molecule has 0 spiro atoms. The maximum atomic E-state index is 10.8. The molecule has 0 atom stereocenters. The van der Waals surface area contributed by atoms with Crippen molar-refractivity contribution in [2.75, 3.05) is 0 Å². The fourth-order valence-electron chi connectivity index (χ4n) is 0.812. The highest BCUT2D eigenvalue weighted by Crippen LogP contribution is 2.07. The Morgan fingerprint density at radius 1 is 1.40 bits per heavy atom. The molecule has 0 unspecified atom stereocenters. The van der Waals surface area contributed by atoms with E-state index in [1.165, 1.54) is 6.20 Å². The van der Waals surface area contributed by atoms with Crippen molar-refractivity contribution in [1.29, 1.82) is 0 Å². The maximum Gasteiger partial charge on any atom is 0.248 e. The van der Waals surface area contributed by atoms with E-state index in [1.807, 2.05) is 0 Å². The summed E-state index contributed by atoms with van der Waals surface area (Å²) in [5.74, 6) is -0.380. The summed E-state index contributed by atoms with van der Waals surface area (Å²) in [5.41, 5.74) is 2.44. The second kappa shape index (κ2) is 2.51. The Morgan fingerprint density at radius 2 is 1.90 bits per heavy atom. The molecule has 1 N–H and O–H groups in total. The average Bonchev–Trinajstić information content (AvgIpc) is 2.20. The molecular formula is C6H8N2O2. The van der Waals surface area contributed by atoms with E-state index < -0.39 is 0 Å². The maximum absolute atomic E-state index is 10.8. The molecule has 4 nitrogen and oxygen atoms in total. The third kappa shape index (κ3) is 1.00. The van der Waals surface area contributed by atoms with Gasteiger partial charge in [-0.25, -0.2) is 0 Å². The number of amides is 2. The predicted molar refractivity (Wildman–Crippen MR) is 34.4 cm³/mol. The van der Waals surface area contributed by atoms with E-state index in [2.05, 4.69) is 12.0 Å². The summed E-state index contributed by atoms with van der Waals surface area (Å²) in [5, 5.41) is 0.979. The third-order valence-electron chi connectivity index (χ3n) is 1.27. The summed E-state index contributed by atoms with van der Waals surface area (Å²) in [4.78, 5) is 21.5. The molecule has 1 rings (SSSR count). The van der Waals surface area contributed by atoms with Gasteiger partial charge in [-0.15, -0.1) is 0 Å². The normalized spacial score (nSPS) is 17.8. The van der Waals surface area contributed by atoms with Crippen LogP contribution in [0.3, 0.4) is 0 Å². The molecule has 10 heavy (non-hydrogen) atoms. The van der Waals surface area contributed by atoms with E-state index in [0.29, 0.717) is 12.8 Å². The third-order valence-corrected chi connectivity index (χ3v) is 1.27. The zero-order chi connectivity index (χ0) is 7.56. The lowest BCUT2D eigenvalue weighted by Crippen LogP contribution is -2.38. The first-order chi connectivity index (χ1) is 4.75. The molecule has 0 saturated carbocycles. The smallest absolute Gasteiger partial charge is 0.248 e. The van der Waals surface area contributed by atoms with Crippen LogP contribution in [0.15, 0.2) is 12.8 Å². The van der Waals surface area contributed by atoms with E-state index in [1.54, 1.807) is 0 Å². The highest BCUT2D eigenvalue weighted by atomic mass is 16.2. The second-order valence-electron chi connectivity index (χ2n) is 1.96. The lowest BCUT2D eigenvalue weighted by atomic mass is 10.4. The first kappa shape index (κ1) is 6.80. The fraction of sp³-hybridized carbons (Fsp3) is 0.333. The van der Waals surface area contributed by atoms with Gasteiger partial charge >= 0.3 is 0 Å². The van der Waals surface area contributed by atoms with Gasteiger partial charge in [0.05, 0.1) is 0 Å². The molecule has 1 fully saturated rings. The number of imide groups is 1. The number of hydrogen-bond acceptors (Lipinski definition) is 3. The molecule has 0 aromatic heterocycles. The molecule has 54 valence electrons. The van der Waals surface area contributed by atoms with Gasteiger partial charge in [0.2, 0.25) is 11.8 Å². The molecule has 1 heterocycles. The summed E-state index contributed by atoms with van der Waals surface area (Å²) in [6, 6.07) is 0. The quantitative estimate of drug-likeness (QED) is 0.539. The highest BCUT2D eigenvalue weighted by Gasteiger charge is 2.27. The molecular weight excluding hydrogens is 132 g/mol. The summed E-state index contributed by atoms with van der Waals surface area (Å²) < 4.78 is 0. The van der Waals surface area contributed by atoms with E-state index in [0.717, 1.165) is 5.01 Å². The van der Waals surface area contributed by atoms with Gasteiger partial charge in [0.1, 0.15) is 0 Å². The first-order valence-electron chi connectivity index (χ1n) is 2.98. The molecule has 1 saturated heterocycles. The minimum absolute atomic E-state index is 0.190. The largest absolute Gasteiger partial charge is 0.297 e. The predicted octanol–water partition coefficient (Wildman–Crippen LogP) is -0.217. The van der Waals surface area contributed by atoms with Crippen LogP contribution in [0.4, 0.5) is 0 Å². The number of nitrogens with zero attached hydrogens (tertiary/aromatic N) is 1. The van der Waals surface area contributed by atoms with Gasteiger partial charge in [0.15, 0.2) is 0 Å². The lowest BCUT2D eigenvalue weighted by molar-refractivity contribution is -0.140. The van der Waals surface area contributed by atoms with Crippen molar-refractivity contribution >= 4 is 11.8 Å².